The smallest absolute Gasteiger partial charge is 0.404 e. The maximum atomic E-state index is 9.96. The van der Waals surface area contributed by atoms with E-state index in [-0.39, 0.29) is 0 Å². The lowest BCUT2D eigenvalue weighted by Crippen LogP contribution is -2.21. The molecule has 0 aromatic carbocycles. The molecule has 0 heterocycles. The molecular weight excluding hydrogens is 162 g/mol. The van der Waals surface area contributed by atoms with Crippen LogP contribution in [-0.4, -0.2) is 23.5 Å². The highest BCUT2D eigenvalue weighted by Crippen LogP contribution is 1.99. The molecule has 0 saturated carbocycles. The number of hydrogen-bond donors (Lipinski definition) is 3. The zero-order valence-electron chi connectivity index (χ0n) is 6.55. The summed E-state index contributed by atoms with van der Waals surface area (Å²) in [4.78, 5) is 9.96. The molecule has 2 N–H and O–H groups in total. The molecule has 0 aliphatic rings. The number of carbonyl (C=O) groups is 1. The van der Waals surface area contributed by atoms with Crippen LogP contribution in [-0.2, 0) is 0 Å². The third-order valence-electron chi connectivity index (χ3n) is 1.36. The summed E-state index contributed by atoms with van der Waals surface area (Å²) >= 11 is 4.07. The Labute approximate surface area is 72.6 Å². The summed E-state index contributed by atoms with van der Waals surface area (Å²) in [6.07, 6.45) is 3.35. The van der Waals surface area contributed by atoms with Gasteiger partial charge in [0, 0.05) is 6.54 Å². The number of unbranched alkanes of at least 4 members (excludes halogenated alkanes) is 3. The maximum Gasteiger partial charge on any atom is 0.404 e. The van der Waals surface area contributed by atoms with Gasteiger partial charge in [0.05, 0.1) is 0 Å². The second-order valence-electron chi connectivity index (χ2n) is 2.37. The first-order valence-electron chi connectivity index (χ1n) is 3.85. The fourth-order valence-corrected chi connectivity index (χ4v) is 1.01. The molecule has 1 amide bonds. The predicted octanol–water partition coefficient (Wildman–Crippen LogP) is 1.74. The van der Waals surface area contributed by atoms with Gasteiger partial charge in [0.15, 0.2) is 0 Å². The fraction of sp³-hybridized carbons (Fsp3) is 0.857. The first-order valence-corrected chi connectivity index (χ1v) is 4.48. The molecule has 0 spiro atoms. The van der Waals surface area contributed by atoms with E-state index < -0.39 is 6.09 Å². The minimum atomic E-state index is -0.931. The number of rotatable bonds is 6. The second kappa shape index (κ2) is 7.72. The Morgan fingerprint density at radius 1 is 1.27 bits per heavy atom. The van der Waals surface area contributed by atoms with Crippen LogP contribution >= 0.6 is 12.6 Å². The lowest BCUT2D eigenvalue weighted by atomic mass is 10.2. The van der Waals surface area contributed by atoms with Gasteiger partial charge in [0.2, 0.25) is 0 Å². The third kappa shape index (κ3) is 9.62. The van der Waals surface area contributed by atoms with Gasteiger partial charge in [-0.25, -0.2) is 4.79 Å². The maximum absolute atomic E-state index is 9.96. The molecule has 0 aromatic rings. The molecule has 0 saturated heterocycles. The van der Waals surface area contributed by atoms with E-state index in [9.17, 15) is 4.79 Å². The van der Waals surface area contributed by atoms with Crippen molar-refractivity contribution in [2.45, 2.75) is 25.7 Å². The molecule has 0 aliphatic heterocycles. The summed E-state index contributed by atoms with van der Waals surface area (Å²) in [5, 5.41) is 10.5. The van der Waals surface area contributed by atoms with Crippen LogP contribution in [0.2, 0.25) is 0 Å². The normalized spacial score (nSPS) is 9.55. The summed E-state index contributed by atoms with van der Waals surface area (Å²) < 4.78 is 0. The van der Waals surface area contributed by atoms with Gasteiger partial charge in [-0.2, -0.15) is 12.6 Å². The summed E-state index contributed by atoms with van der Waals surface area (Å²) in [5.74, 6) is 0.923. The molecule has 3 nitrogen and oxygen atoms in total. The molecule has 0 atom stereocenters. The number of nitrogens with one attached hydrogen (secondary N) is 1. The summed E-state index contributed by atoms with van der Waals surface area (Å²) in [6.45, 7) is 0.571. The molecular formula is C7H15NO2S. The minimum absolute atomic E-state index is 0.571. The van der Waals surface area contributed by atoms with Gasteiger partial charge in [-0.1, -0.05) is 12.8 Å². The van der Waals surface area contributed by atoms with Gasteiger partial charge in [-0.3, -0.25) is 0 Å². The fourth-order valence-electron chi connectivity index (χ4n) is 0.786. The van der Waals surface area contributed by atoms with Crippen molar-refractivity contribution in [2.24, 2.45) is 0 Å². The first kappa shape index (κ1) is 10.6. The lowest BCUT2D eigenvalue weighted by molar-refractivity contribution is 0.194. The molecule has 0 fully saturated rings. The van der Waals surface area contributed by atoms with E-state index in [1.165, 1.54) is 0 Å². The minimum Gasteiger partial charge on any atom is -0.465 e. The zero-order valence-corrected chi connectivity index (χ0v) is 7.44. The number of amides is 1. The van der Waals surface area contributed by atoms with E-state index in [0.717, 1.165) is 31.4 Å². The average molecular weight is 177 g/mol. The summed E-state index contributed by atoms with van der Waals surface area (Å²) in [5.41, 5.74) is 0. The first-order chi connectivity index (χ1) is 5.27. The largest absolute Gasteiger partial charge is 0.465 e. The van der Waals surface area contributed by atoms with Crippen molar-refractivity contribution in [2.75, 3.05) is 12.3 Å². The molecule has 11 heavy (non-hydrogen) atoms. The van der Waals surface area contributed by atoms with Crippen LogP contribution in [0, 0.1) is 0 Å². The van der Waals surface area contributed by atoms with Crippen molar-refractivity contribution in [1.82, 2.24) is 5.32 Å². The molecule has 0 rings (SSSR count). The highest BCUT2D eigenvalue weighted by Gasteiger charge is 1.92. The van der Waals surface area contributed by atoms with Crippen molar-refractivity contribution < 1.29 is 9.90 Å². The van der Waals surface area contributed by atoms with Crippen molar-refractivity contribution >= 4 is 18.7 Å². The third-order valence-corrected chi connectivity index (χ3v) is 1.68. The Morgan fingerprint density at radius 2 is 1.91 bits per heavy atom. The number of hydrogen-bond acceptors (Lipinski definition) is 2. The van der Waals surface area contributed by atoms with Crippen LogP contribution in [0.15, 0.2) is 0 Å². The van der Waals surface area contributed by atoms with Crippen LogP contribution in [0.25, 0.3) is 0 Å². The van der Waals surface area contributed by atoms with E-state index >= 15 is 0 Å². The molecule has 0 bridgehead atoms. The molecule has 0 aliphatic carbocycles. The highest BCUT2D eigenvalue weighted by atomic mass is 32.1. The topological polar surface area (TPSA) is 49.3 Å². The Kier molecular flexibility index (Phi) is 7.46. The van der Waals surface area contributed by atoms with Crippen molar-refractivity contribution in [3.8, 4) is 0 Å². The average Bonchev–Trinajstić information content (AvgIpc) is 1.96. The van der Waals surface area contributed by atoms with E-state index in [1.807, 2.05) is 0 Å². The number of thiol groups is 1. The second-order valence-corrected chi connectivity index (χ2v) is 2.82. The molecule has 0 unspecified atom stereocenters. The molecule has 0 aromatic heterocycles. The quantitative estimate of drug-likeness (QED) is 0.427. The lowest BCUT2D eigenvalue weighted by Gasteiger charge is -1.99. The van der Waals surface area contributed by atoms with E-state index in [0.29, 0.717) is 6.54 Å². The Morgan fingerprint density at radius 3 is 2.45 bits per heavy atom. The van der Waals surface area contributed by atoms with Crippen molar-refractivity contribution in [1.29, 1.82) is 0 Å². The van der Waals surface area contributed by atoms with Crippen LogP contribution in [0.3, 0.4) is 0 Å². The van der Waals surface area contributed by atoms with Gasteiger partial charge in [-0.15, -0.1) is 0 Å². The molecule has 66 valence electrons. The zero-order chi connectivity index (χ0) is 8.53. The van der Waals surface area contributed by atoms with Crippen LogP contribution < -0.4 is 5.32 Å². The van der Waals surface area contributed by atoms with Gasteiger partial charge in [0.25, 0.3) is 0 Å². The van der Waals surface area contributed by atoms with Gasteiger partial charge in [0.1, 0.15) is 0 Å². The predicted molar refractivity (Wildman–Crippen MR) is 48.3 cm³/mol. The van der Waals surface area contributed by atoms with Crippen LogP contribution in [0.4, 0.5) is 4.79 Å². The summed E-state index contributed by atoms with van der Waals surface area (Å²) in [6, 6.07) is 0. The van der Waals surface area contributed by atoms with Crippen molar-refractivity contribution in [3.05, 3.63) is 0 Å². The van der Waals surface area contributed by atoms with Gasteiger partial charge >= 0.3 is 6.09 Å². The van der Waals surface area contributed by atoms with Gasteiger partial charge in [-0.05, 0) is 18.6 Å². The van der Waals surface area contributed by atoms with Crippen molar-refractivity contribution in [3.63, 3.8) is 0 Å². The molecule has 4 heteroatoms. The standard InChI is InChI=1S/C7H15NO2S/c9-7(10)8-5-3-1-2-4-6-11/h8,11H,1-6H2,(H,9,10). The molecule has 0 radical (unpaired) electrons. The number of carboxylic acid groups (broad SMARTS) is 1. The highest BCUT2D eigenvalue weighted by molar-refractivity contribution is 7.80. The SMILES string of the molecule is O=C(O)NCCCCCCS. The monoisotopic (exact) mass is 177 g/mol. The Balaban J connectivity index is 2.85. The van der Waals surface area contributed by atoms with E-state index in [1.54, 1.807) is 0 Å². The van der Waals surface area contributed by atoms with Crippen LogP contribution in [0.1, 0.15) is 25.7 Å². The van der Waals surface area contributed by atoms with E-state index in [4.69, 9.17) is 5.11 Å². The van der Waals surface area contributed by atoms with Gasteiger partial charge < -0.3 is 10.4 Å². The summed E-state index contributed by atoms with van der Waals surface area (Å²) in [7, 11) is 0. The van der Waals surface area contributed by atoms with Crippen LogP contribution in [0.5, 0.6) is 0 Å². The Bertz CT molecular complexity index is 109. The Hall–Kier alpha value is -0.380. The van der Waals surface area contributed by atoms with E-state index in [2.05, 4.69) is 17.9 Å².